The van der Waals surface area contributed by atoms with Crippen molar-refractivity contribution in [2.45, 2.75) is 53.1 Å². The van der Waals surface area contributed by atoms with Gasteiger partial charge >= 0.3 is 0 Å². The molecular formula is C20H35N5O2. The average molecular weight is 378 g/mol. The second-order valence-corrected chi connectivity index (χ2v) is 7.00. The molecule has 1 rings (SSSR count). The molecule has 0 aliphatic rings. The van der Waals surface area contributed by atoms with Crippen molar-refractivity contribution in [2.24, 2.45) is 4.99 Å². The number of phenolic OH excluding ortho intramolecular Hbond substituents is 1. The first-order valence-corrected chi connectivity index (χ1v) is 9.70. The molecule has 0 unspecified atom stereocenters. The summed E-state index contributed by atoms with van der Waals surface area (Å²) >= 11 is 0. The van der Waals surface area contributed by atoms with Crippen molar-refractivity contribution in [3.05, 3.63) is 24.3 Å². The molecule has 0 aromatic heterocycles. The van der Waals surface area contributed by atoms with Crippen LogP contribution in [0.1, 0.15) is 41.0 Å². The molecule has 0 saturated carbocycles. The maximum atomic E-state index is 12.0. The minimum atomic E-state index is -0.205. The number of nitrogens with zero attached hydrogens (tertiary/aromatic N) is 2. The quantitative estimate of drug-likeness (QED) is 0.218. The van der Waals surface area contributed by atoms with Crippen molar-refractivity contribution in [1.29, 1.82) is 0 Å². The van der Waals surface area contributed by atoms with Crippen molar-refractivity contribution in [3.63, 3.8) is 0 Å². The van der Waals surface area contributed by atoms with Crippen molar-refractivity contribution < 1.29 is 9.90 Å². The van der Waals surface area contributed by atoms with Crippen LogP contribution in [0.5, 0.6) is 5.75 Å². The predicted molar refractivity (Wildman–Crippen MR) is 112 cm³/mol. The number of hydrogen-bond donors (Lipinski definition) is 4. The molecule has 0 spiro atoms. The monoisotopic (exact) mass is 377 g/mol. The minimum absolute atomic E-state index is 0.0281. The Morgan fingerprint density at radius 3 is 2.30 bits per heavy atom. The van der Waals surface area contributed by atoms with Gasteiger partial charge in [0, 0.05) is 37.4 Å². The number of benzene rings is 1. The molecule has 0 heterocycles. The van der Waals surface area contributed by atoms with Crippen LogP contribution < -0.4 is 16.0 Å². The Morgan fingerprint density at radius 1 is 1.11 bits per heavy atom. The number of guanidine groups is 1. The maximum Gasteiger partial charge on any atom is 0.246 e. The number of rotatable bonds is 10. The molecule has 7 nitrogen and oxygen atoms in total. The molecule has 1 amide bonds. The lowest BCUT2D eigenvalue weighted by Gasteiger charge is -2.30. The van der Waals surface area contributed by atoms with Crippen LogP contribution in [0.4, 0.5) is 5.69 Å². The number of carbonyl (C=O) groups is 1. The standard InChI is InChI=1S/C20H35N5O2/c1-6-21-20(22-12-7-13-25(15(2)3)16(4)5)23-14-19(27)24-17-8-10-18(26)11-9-17/h8-11,15-16,26H,6-7,12-14H2,1-5H3,(H,24,27)(H2,21,22,23). The topological polar surface area (TPSA) is 89.0 Å². The van der Waals surface area contributed by atoms with Crippen molar-refractivity contribution in [1.82, 2.24) is 15.5 Å². The van der Waals surface area contributed by atoms with Gasteiger partial charge < -0.3 is 21.1 Å². The molecule has 4 N–H and O–H groups in total. The molecular weight excluding hydrogens is 342 g/mol. The van der Waals surface area contributed by atoms with Crippen molar-refractivity contribution in [2.75, 3.05) is 31.5 Å². The van der Waals surface area contributed by atoms with Gasteiger partial charge in [-0.25, -0.2) is 4.99 Å². The molecule has 0 aliphatic carbocycles. The highest BCUT2D eigenvalue weighted by Gasteiger charge is 2.12. The van der Waals surface area contributed by atoms with E-state index in [1.54, 1.807) is 12.1 Å². The maximum absolute atomic E-state index is 12.0. The number of nitrogens with one attached hydrogen (secondary N) is 3. The van der Waals surface area contributed by atoms with Crippen molar-refractivity contribution in [3.8, 4) is 5.75 Å². The fraction of sp³-hybridized carbons (Fsp3) is 0.600. The molecule has 7 heteroatoms. The van der Waals surface area contributed by atoms with E-state index in [1.807, 2.05) is 6.92 Å². The zero-order valence-corrected chi connectivity index (χ0v) is 17.2. The fourth-order valence-electron chi connectivity index (χ4n) is 2.82. The van der Waals surface area contributed by atoms with Crippen LogP contribution in [0.25, 0.3) is 0 Å². The molecule has 0 atom stereocenters. The molecule has 152 valence electrons. The van der Waals surface area contributed by atoms with Gasteiger partial charge in [0.2, 0.25) is 5.91 Å². The van der Waals surface area contributed by atoms with E-state index in [2.05, 4.69) is 53.5 Å². The molecule has 0 saturated heterocycles. The van der Waals surface area contributed by atoms with Crippen LogP contribution in [0, 0.1) is 0 Å². The van der Waals surface area contributed by atoms with Gasteiger partial charge in [-0.3, -0.25) is 9.69 Å². The van der Waals surface area contributed by atoms with Crippen LogP contribution >= 0.6 is 0 Å². The summed E-state index contributed by atoms with van der Waals surface area (Å²) in [4.78, 5) is 18.8. The summed E-state index contributed by atoms with van der Waals surface area (Å²) < 4.78 is 0. The van der Waals surface area contributed by atoms with Crippen LogP contribution in [0.3, 0.4) is 0 Å². The summed E-state index contributed by atoms with van der Waals surface area (Å²) in [5.41, 5.74) is 0.633. The highest BCUT2D eigenvalue weighted by Crippen LogP contribution is 2.13. The third kappa shape index (κ3) is 9.28. The Balaban J connectivity index is 2.44. The number of aliphatic imine (C=N–C) groups is 1. The smallest absolute Gasteiger partial charge is 0.246 e. The number of phenols is 1. The molecule has 1 aromatic carbocycles. The van der Waals surface area contributed by atoms with Gasteiger partial charge in [-0.1, -0.05) is 0 Å². The number of anilines is 1. The fourth-order valence-corrected chi connectivity index (χ4v) is 2.82. The van der Waals surface area contributed by atoms with Gasteiger partial charge in [0.25, 0.3) is 0 Å². The van der Waals surface area contributed by atoms with Gasteiger partial charge in [-0.15, -0.1) is 0 Å². The lowest BCUT2D eigenvalue weighted by molar-refractivity contribution is -0.114. The Hall–Kier alpha value is -2.28. The lowest BCUT2D eigenvalue weighted by Crippen LogP contribution is -2.41. The number of carbonyl (C=O) groups excluding carboxylic acids is 1. The minimum Gasteiger partial charge on any atom is -0.508 e. The van der Waals surface area contributed by atoms with E-state index >= 15 is 0 Å². The van der Waals surface area contributed by atoms with Gasteiger partial charge in [0.05, 0.1) is 0 Å². The second-order valence-electron chi connectivity index (χ2n) is 7.00. The molecule has 0 bridgehead atoms. The van der Waals surface area contributed by atoms with E-state index in [0.29, 0.717) is 23.7 Å². The Morgan fingerprint density at radius 2 is 1.74 bits per heavy atom. The third-order valence-electron chi connectivity index (χ3n) is 4.09. The largest absolute Gasteiger partial charge is 0.508 e. The Labute approximate surface area is 163 Å². The van der Waals surface area contributed by atoms with Crippen LogP contribution in [0.2, 0.25) is 0 Å². The highest BCUT2D eigenvalue weighted by molar-refractivity contribution is 5.94. The molecule has 1 aromatic rings. The van der Waals surface area contributed by atoms with E-state index in [-0.39, 0.29) is 18.2 Å². The van der Waals surface area contributed by atoms with E-state index in [1.165, 1.54) is 12.1 Å². The number of aromatic hydroxyl groups is 1. The summed E-state index contributed by atoms with van der Waals surface area (Å²) in [6, 6.07) is 7.40. The normalized spacial score (nSPS) is 11.9. The molecule has 0 aliphatic heterocycles. The summed E-state index contributed by atoms with van der Waals surface area (Å²) in [6.07, 6.45) is 1.00. The Kier molecular flexibility index (Phi) is 10.3. The van der Waals surface area contributed by atoms with Crippen LogP contribution in [-0.4, -0.2) is 60.1 Å². The zero-order valence-electron chi connectivity index (χ0n) is 17.2. The number of amides is 1. The van der Waals surface area contributed by atoms with Crippen LogP contribution in [-0.2, 0) is 4.79 Å². The van der Waals surface area contributed by atoms with E-state index in [4.69, 9.17) is 0 Å². The van der Waals surface area contributed by atoms with Gasteiger partial charge in [0.1, 0.15) is 12.3 Å². The van der Waals surface area contributed by atoms with Crippen LogP contribution in [0.15, 0.2) is 29.3 Å². The van der Waals surface area contributed by atoms with Crippen molar-refractivity contribution >= 4 is 17.6 Å². The third-order valence-corrected chi connectivity index (χ3v) is 4.09. The zero-order chi connectivity index (χ0) is 20.2. The number of hydrogen-bond acceptors (Lipinski definition) is 4. The van der Waals surface area contributed by atoms with Gasteiger partial charge in [-0.2, -0.15) is 0 Å². The van der Waals surface area contributed by atoms with E-state index in [9.17, 15) is 9.90 Å². The molecule has 27 heavy (non-hydrogen) atoms. The highest BCUT2D eigenvalue weighted by atomic mass is 16.3. The summed E-state index contributed by atoms with van der Waals surface area (Å²) in [5, 5.41) is 18.5. The second kappa shape index (κ2) is 12.2. The predicted octanol–water partition coefficient (Wildman–Crippen LogP) is 2.39. The molecule has 0 radical (unpaired) electrons. The Bertz CT molecular complexity index is 577. The van der Waals surface area contributed by atoms with E-state index < -0.39 is 0 Å². The van der Waals surface area contributed by atoms with Gasteiger partial charge in [-0.05, 0) is 65.3 Å². The summed E-state index contributed by atoms with van der Waals surface area (Å²) in [6.45, 7) is 13.4. The van der Waals surface area contributed by atoms with Gasteiger partial charge in [0.15, 0.2) is 5.96 Å². The summed E-state index contributed by atoms with van der Waals surface area (Å²) in [5.74, 6) is 0.598. The first-order chi connectivity index (χ1) is 12.8. The lowest BCUT2D eigenvalue weighted by atomic mass is 10.2. The first kappa shape index (κ1) is 22.8. The first-order valence-electron chi connectivity index (χ1n) is 9.70. The van der Waals surface area contributed by atoms with E-state index in [0.717, 1.165) is 26.1 Å². The SMILES string of the molecule is CCNC(=NCC(=O)Nc1ccc(O)cc1)NCCCN(C(C)C)C(C)C. The summed E-state index contributed by atoms with van der Waals surface area (Å²) in [7, 11) is 0. The molecule has 0 fully saturated rings. The average Bonchev–Trinajstić information content (AvgIpc) is 2.60.